The van der Waals surface area contributed by atoms with Gasteiger partial charge < -0.3 is 10.2 Å². The van der Waals surface area contributed by atoms with Crippen LogP contribution >= 0.6 is 0 Å². The fourth-order valence-corrected chi connectivity index (χ4v) is 3.24. The van der Waals surface area contributed by atoms with E-state index in [9.17, 15) is 9.59 Å². The van der Waals surface area contributed by atoms with Gasteiger partial charge in [0.2, 0.25) is 5.91 Å². The zero-order valence-electron chi connectivity index (χ0n) is 14.1. The van der Waals surface area contributed by atoms with Gasteiger partial charge in [0.15, 0.2) is 0 Å². The Kier molecular flexibility index (Phi) is 6.56. The molecular formula is C18H27N3O2. The summed E-state index contributed by atoms with van der Waals surface area (Å²) in [5, 5.41) is 2.96. The maximum absolute atomic E-state index is 12.5. The highest BCUT2D eigenvalue weighted by Gasteiger charge is 2.31. The second-order valence-electron chi connectivity index (χ2n) is 6.26. The standard InChI is InChI=1S/C18H27N3O2/c1-3-8-20-17(22)11-15-7-10-21(13-14(15)4-2)18(23)16-6-5-9-19-12-16/h5-6,9,12,14-15H,3-4,7-8,10-11,13H2,1-2H3,(H,20,22)/t14-,15+/m0/s1. The molecule has 1 N–H and O–H groups in total. The molecule has 0 aliphatic carbocycles. The summed E-state index contributed by atoms with van der Waals surface area (Å²) >= 11 is 0. The van der Waals surface area contributed by atoms with Crippen LogP contribution in [0.15, 0.2) is 24.5 Å². The lowest BCUT2D eigenvalue weighted by molar-refractivity contribution is -0.122. The molecule has 126 valence electrons. The molecule has 2 heterocycles. The average molecular weight is 317 g/mol. The van der Waals surface area contributed by atoms with Gasteiger partial charge in [-0.25, -0.2) is 0 Å². The maximum Gasteiger partial charge on any atom is 0.255 e. The van der Waals surface area contributed by atoms with E-state index >= 15 is 0 Å². The largest absolute Gasteiger partial charge is 0.356 e. The number of pyridine rings is 1. The number of nitrogens with one attached hydrogen (secondary N) is 1. The first kappa shape index (κ1) is 17.4. The molecule has 0 saturated carbocycles. The Bertz CT molecular complexity index is 518. The third-order valence-electron chi connectivity index (χ3n) is 4.63. The van der Waals surface area contributed by atoms with Crippen molar-refractivity contribution in [1.82, 2.24) is 15.2 Å². The Morgan fingerprint density at radius 2 is 2.17 bits per heavy atom. The van der Waals surface area contributed by atoms with E-state index in [1.165, 1.54) is 0 Å². The van der Waals surface area contributed by atoms with Crippen molar-refractivity contribution in [2.75, 3.05) is 19.6 Å². The fourth-order valence-electron chi connectivity index (χ4n) is 3.24. The quantitative estimate of drug-likeness (QED) is 0.877. The Balaban J connectivity index is 1.93. The number of hydrogen-bond acceptors (Lipinski definition) is 3. The van der Waals surface area contributed by atoms with Crippen LogP contribution in [0.25, 0.3) is 0 Å². The number of amides is 2. The lowest BCUT2D eigenvalue weighted by Crippen LogP contribution is -2.44. The number of aromatic nitrogens is 1. The molecule has 5 heteroatoms. The van der Waals surface area contributed by atoms with Crippen molar-refractivity contribution < 1.29 is 9.59 Å². The third kappa shape index (κ3) is 4.78. The fraction of sp³-hybridized carbons (Fsp3) is 0.611. The van der Waals surface area contributed by atoms with Gasteiger partial charge in [-0.15, -0.1) is 0 Å². The van der Waals surface area contributed by atoms with Gasteiger partial charge in [0.1, 0.15) is 0 Å². The van der Waals surface area contributed by atoms with Crippen molar-refractivity contribution in [3.05, 3.63) is 30.1 Å². The Morgan fingerprint density at radius 3 is 2.83 bits per heavy atom. The van der Waals surface area contributed by atoms with E-state index in [1.807, 2.05) is 4.90 Å². The summed E-state index contributed by atoms with van der Waals surface area (Å²) in [6.45, 7) is 6.39. The minimum atomic E-state index is 0.0467. The summed E-state index contributed by atoms with van der Waals surface area (Å²) in [7, 11) is 0. The van der Waals surface area contributed by atoms with E-state index < -0.39 is 0 Å². The van der Waals surface area contributed by atoms with Gasteiger partial charge in [-0.05, 0) is 36.8 Å². The van der Waals surface area contributed by atoms with Crippen LogP contribution in [0.4, 0.5) is 0 Å². The molecule has 0 radical (unpaired) electrons. The summed E-state index contributed by atoms with van der Waals surface area (Å²) < 4.78 is 0. The second-order valence-corrected chi connectivity index (χ2v) is 6.26. The predicted octanol–water partition coefficient (Wildman–Crippen LogP) is 2.49. The Morgan fingerprint density at radius 1 is 1.35 bits per heavy atom. The molecule has 1 aromatic heterocycles. The van der Waals surface area contributed by atoms with Gasteiger partial charge in [-0.2, -0.15) is 0 Å². The number of likely N-dealkylation sites (tertiary alicyclic amines) is 1. The molecule has 23 heavy (non-hydrogen) atoms. The van der Waals surface area contributed by atoms with Gasteiger partial charge >= 0.3 is 0 Å². The molecule has 0 aromatic carbocycles. The lowest BCUT2D eigenvalue weighted by atomic mass is 9.81. The number of rotatable bonds is 6. The van der Waals surface area contributed by atoms with Gasteiger partial charge in [-0.3, -0.25) is 14.6 Å². The summed E-state index contributed by atoms with van der Waals surface area (Å²) in [5.41, 5.74) is 0.640. The highest BCUT2D eigenvalue weighted by molar-refractivity contribution is 5.93. The van der Waals surface area contributed by atoms with E-state index in [-0.39, 0.29) is 11.8 Å². The first-order valence-electron chi connectivity index (χ1n) is 8.61. The van der Waals surface area contributed by atoms with Gasteiger partial charge in [0.25, 0.3) is 5.91 Å². The van der Waals surface area contributed by atoms with Crippen LogP contribution in [-0.4, -0.2) is 41.3 Å². The topological polar surface area (TPSA) is 62.3 Å². The first-order valence-corrected chi connectivity index (χ1v) is 8.61. The number of nitrogens with zero attached hydrogens (tertiary/aromatic N) is 2. The van der Waals surface area contributed by atoms with E-state index in [1.54, 1.807) is 24.5 Å². The SMILES string of the molecule is CCCNC(=O)C[C@H]1CCN(C(=O)c2cccnc2)C[C@@H]1CC. The van der Waals surface area contributed by atoms with Crippen molar-refractivity contribution in [2.45, 2.75) is 39.5 Å². The maximum atomic E-state index is 12.5. The molecule has 0 bridgehead atoms. The van der Waals surface area contributed by atoms with Crippen LogP contribution in [0.2, 0.25) is 0 Å². The van der Waals surface area contributed by atoms with Crippen LogP contribution in [-0.2, 0) is 4.79 Å². The van der Waals surface area contributed by atoms with Crippen LogP contribution in [0.5, 0.6) is 0 Å². The highest BCUT2D eigenvalue weighted by Crippen LogP contribution is 2.29. The minimum Gasteiger partial charge on any atom is -0.356 e. The monoisotopic (exact) mass is 317 g/mol. The average Bonchev–Trinajstić information content (AvgIpc) is 2.60. The molecule has 1 aliphatic rings. The van der Waals surface area contributed by atoms with Crippen LogP contribution < -0.4 is 5.32 Å². The van der Waals surface area contributed by atoms with Crippen molar-refractivity contribution in [2.24, 2.45) is 11.8 Å². The van der Waals surface area contributed by atoms with Crippen molar-refractivity contribution in [3.63, 3.8) is 0 Å². The van der Waals surface area contributed by atoms with Crippen LogP contribution in [0.1, 0.15) is 49.9 Å². The molecule has 2 rings (SSSR count). The summed E-state index contributed by atoms with van der Waals surface area (Å²) in [6, 6.07) is 3.59. The first-order chi connectivity index (χ1) is 11.2. The highest BCUT2D eigenvalue weighted by atomic mass is 16.2. The lowest BCUT2D eigenvalue weighted by Gasteiger charge is -2.38. The molecule has 5 nitrogen and oxygen atoms in total. The van der Waals surface area contributed by atoms with Crippen LogP contribution in [0, 0.1) is 11.8 Å². The molecule has 2 amide bonds. The molecule has 1 fully saturated rings. The Labute approximate surface area is 138 Å². The van der Waals surface area contributed by atoms with E-state index in [0.717, 1.165) is 38.9 Å². The number of piperidine rings is 1. The Hall–Kier alpha value is -1.91. The van der Waals surface area contributed by atoms with Crippen molar-refractivity contribution >= 4 is 11.8 Å². The molecule has 1 saturated heterocycles. The zero-order valence-corrected chi connectivity index (χ0v) is 14.1. The minimum absolute atomic E-state index is 0.0467. The van der Waals surface area contributed by atoms with Gasteiger partial charge in [0, 0.05) is 38.4 Å². The van der Waals surface area contributed by atoms with E-state index in [0.29, 0.717) is 23.8 Å². The van der Waals surface area contributed by atoms with Gasteiger partial charge in [0.05, 0.1) is 5.56 Å². The molecule has 2 atom stereocenters. The predicted molar refractivity (Wildman–Crippen MR) is 89.9 cm³/mol. The van der Waals surface area contributed by atoms with Gasteiger partial charge in [-0.1, -0.05) is 20.3 Å². The molecule has 1 aromatic rings. The van der Waals surface area contributed by atoms with Crippen molar-refractivity contribution in [1.29, 1.82) is 0 Å². The summed E-state index contributed by atoms with van der Waals surface area (Å²) in [5.74, 6) is 0.944. The summed E-state index contributed by atoms with van der Waals surface area (Å²) in [4.78, 5) is 30.4. The van der Waals surface area contributed by atoms with Crippen molar-refractivity contribution in [3.8, 4) is 0 Å². The van der Waals surface area contributed by atoms with Crippen LogP contribution in [0.3, 0.4) is 0 Å². The summed E-state index contributed by atoms with van der Waals surface area (Å²) in [6.07, 6.45) is 6.71. The molecule has 0 unspecified atom stereocenters. The molecule has 1 aliphatic heterocycles. The van der Waals surface area contributed by atoms with E-state index in [2.05, 4.69) is 24.1 Å². The molecule has 0 spiro atoms. The smallest absolute Gasteiger partial charge is 0.255 e. The normalized spacial score (nSPS) is 21.0. The number of carbonyl (C=O) groups is 2. The van der Waals surface area contributed by atoms with E-state index in [4.69, 9.17) is 0 Å². The number of carbonyl (C=O) groups excluding carboxylic acids is 2. The third-order valence-corrected chi connectivity index (χ3v) is 4.63. The molecular weight excluding hydrogens is 290 g/mol. The number of hydrogen-bond donors (Lipinski definition) is 1. The zero-order chi connectivity index (χ0) is 16.7. The second kappa shape index (κ2) is 8.65.